The molecule has 0 aliphatic carbocycles. The molecule has 1 aliphatic rings. The standard InChI is InChI=1S/C23H23FN2O2/c1-27-19-6-4-5-17(13-19)15-26-11-12-28-23(16-26)22-10-9-18(14-25-22)20-7-2-3-8-21(20)24/h2-10,13-14,23H,11-12,15-16H2,1H3/t23-/m0/s1. The van der Waals surface area contributed by atoms with Crippen molar-refractivity contribution in [2.24, 2.45) is 0 Å². The molecule has 1 saturated heterocycles. The lowest BCUT2D eigenvalue weighted by Gasteiger charge is -2.32. The third-order valence-electron chi connectivity index (χ3n) is 4.99. The fourth-order valence-electron chi connectivity index (χ4n) is 3.50. The van der Waals surface area contributed by atoms with Crippen LogP contribution in [-0.4, -0.2) is 36.7 Å². The van der Waals surface area contributed by atoms with Crippen molar-refractivity contribution in [1.29, 1.82) is 0 Å². The number of morpholine rings is 1. The van der Waals surface area contributed by atoms with Crippen LogP contribution in [0.4, 0.5) is 4.39 Å². The van der Waals surface area contributed by atoms with E-state index in [1.165, 1.54) is 11.6 Å². The number of hydrogen-bond donors (Lipinski definition) is 0. The lowest BCUT2D eigenvalue weighted by atomic mass is 10.1. The van der Waals surface area contributed by atoms with Gasteiger partial charge in [-0.25, -0.2) is 4.39 Å². The van der Waals surface area contributed by atoms with E-state index in [-0.39, 0.29) is 11.9 Å². The summed E-state index contributed by atoms with van der Waals surface area (Å²) in [5.74, 6) is 0.628. The number of nitrogens with zero attached hydrogens (tertiary/aromatic N) is 2. The van der Waals surface area contributed by atoms with Gasteiger partial charge in [-0.1, -0.05) is 36.4 Å². The second kappa shape index (κ2) is 8.50. The maximum absolute atomic E-state index is 14.0. The quantitative estimate of drug-likeness (QED) is 0.656. The Morgan fingerprint density at radius 1 is 1.14 bits per heavy atom. The summed E-state index contributed by atoms with van der Waals surface area (Å²) >= 11 is 0. The van der Waals surface area contributed by atoms with Crippen molar-refractivity contribution < 1.29 is 13.9 Å². The van der Waals surface area contributed by atoms with Gasteiger partial charge in [-0.05, 0) is 29.8 Å². The van der Waals surface area contributed by atoms with Crippen molar-refractivity contribution in [2.45, 2.75) is 12.6 Å². The first-order valence-electron chi connectivity index (χ1n) is 9.40. The van der Waals surface area contributed by atoms with Crippen LogP contribution in [0.15, 0.2) is 66.9 Å². The first-order chi connectivity index (χ1) is 13.7. The molecular formula is C23H23FN2O2. The van der Waals surface area contributed by atoms with Gasteiger partial charge in [-0.15, -0.1) is 0 Å². The van der Waals surface area contributed by atoms with Gasteiger partial charge in [0.1, 0.15) is 17.7 Å². The molecular weight excluding hydrogens is 355 g/mol. The Labute approximate surface area is 164 Å². The van der Waals surface area contributed by atoms with Crippen LogP contribution in [0.1, 0.15) is 17.4 Å². The van der Waals surface area contributed by atoms with Crippen LogP contribution < -0.4 is 4.74 Å². The highest BCUT2D eigenvalue weighted by Gasteiger charge is 2.23. The Bertz CT molecular complexity index is 930. The van der Waals surface area contributed by atoms with Gasteiger partial charge in [0.15, 0.2) is 0 Å². The number of methoxy groups -OCH3 is 1. The fourth-order valence-corrected chi connectivity index (χ4v) is 3.50. The summed E-state index contributed by atoms with van der Waals surface area (Å²) in [6.07, 6.45) is 1.63. The number of hydrogen-bond acceptors (Lipinski definition) is 4. The van der Waals surface area contributed by atoms with E-state index in [0.29, 0.717) is 12.2 Å². The molecule has 4 rings (SSSR count). The van der Waals surface area contributed by atoms with Crippen molar-refractivity contribution >= 4 is 0 Å². The largest absolute Gasteiger partial charge is 0.497 e. The lowest BCUT2D eigenvalue weighted by molar-refractivity contribution is -0.0349. The Hall–Kier alpha value is -2.76. The Kier molecular flexibility index (Phi) is 5.65. The van der Waals surface area contributed by atoms with E-state index in [1.54, 1.807) is 25.4 Å². The molecule has 0 spiro atoms. The molecule has 0 saturated carbocycles. The number of rotatable bonds is 5. The van der Waals surface area contributed by atoms with E-state index in [4.69, 9.17) is 9.47 Å². The molecule has 2 aromatic carbocycles. The highest BCUT2D eigenvalue weighted by molar-refractivity contribution is 5.63. The zero-order valence-electron chi connectivity index (χ0n) is 15.8. The predicted octanol–water partition coefficient (Wildman–Crippen LogP) is 4.47. The molecule has 0 radical (unpaired) electrons. The average Bonchev–Trinajstić information content (AvgIpc) is 2.75. The van der Waals surface area contributed by atoms with E-state index in [9.17, 15) is 4.39 Å². The summed E-state index contributed by atoms with van der Waals surface area (Å²) in [7, 11) is 1.68. The van der Waals surface area contributed by atoms with Crippen molar-refractivity contribution in [3.8, 4) is 16.9 Å². The van der Waals surface area contributed by atoms with Crippen LogP contribution in [0.2, 0.25) is 0 Å². The fraction of sp³-hybridized carbons (Fsp3) is 0.261. The van der Waals surface area contributed by atoms with E-state index in [0.717, 1.165) is 36.6 Å². The van der Waals surface area contributed by atoms with E-state index in [2.05, 4.69) is 22.0 Å². The Balaban J connectivity index is 1.45. The van der Waals surface area contributed by atoms with E-state index in [1.807, 2.05) is 30.3 Å². The van der Waals surface area contributed by atoms with Crippen LogP contribution in [0.5, 0.6) is 5.75 Å². The summed E-state index contributed by atoms with van der Waals surface area (Å²) < 4.78 is 25.2. The van der Waals surface area contributed by atoms with Gasteiger partial charge in [-0.3, -0.25) is 9.88 Å². The van der Waals surface area contributed by atoms with Crippen molar-refractivity contribution in [1.82, 2.24) is 9.88 Å². The minimum absolute atomic E-state index is 0.0889. The highest BCUT2D eigenvalue weighted by Crippen LogP contribution is 2.26. The average molecular weight is 378 g/mol. The second-order valence-electron chi connectivity index (χ2n) is 6.90. The number of halogens is 1. The molecule has 0 bridgehead atoms. The first kappa shape index (κ1) is 18.6. The molecule has 0 amide bonds. The third kappa shape index (κ3) is 4.21. The van der Waals surface area contributed by atoms with E-state index < -0.39 is 0 Å². The number of ether oxygens (including phenoxy) is 2. The van der Waals surface area contributed by atoms with Gasteiger partial charge in [-0.2, -0.15) is 0 Å². The summed E-state index contributed by atoms with van der Waals surface area (Å²) in [4.78, 5) is 6.91. The van der Waals surface area contributed by atoms with Crippen molar-refractivity contribution in [3.05, 3.63) is 83.9 Å². The molecule has 2 heterocycles. The zero-order valence-corrected chi connectivity index (χ0v) is 15.8. The van der Waals surface area contributed by atoms with Gasteiger partial charge < -0.3 is 9.47 Å². The van der Waals surface area contributed by atoms with E-state index >= 15 is 0 Å². The molecule has 0 unspecified atom stereocenters. The highest BCUT2D eigenvalue weighted by atomic mass is 19.1. The normalized spacial score (nSPS) is 17.4. The summed E-state index contributed by atoms with van der Waals surface area (Å²) in [6.45, 7) is 3.14. The van der Waals surface area contributed by atoms with Crippen LogP contribution >= 0.6 is 0 Å². The van der Waals surface area contributed by atoms with Gasteiger partial charge in [0, 0.05) is 37.0 Å². The maximum Gasteiger partial charge on any atom is 0.131 e. The number of aromatic nitrogens is 1. The summed E-state index contributed by atoms with van der Waals surface area (Å²) in [5.41, 5.74) is 3.41. The number of pyridine rings is 1. The Morgan fingerprint density at radius 3 is 2.82 bits per heavy atom. The minimum atomic E-state index is -0.240. The molecule has 1 aliphatic heterocycles. The zero-order chi connectivity index (χ0) is 19.3. The second-order valence-corrected chi connectivity index (χ2v) is 6.90. The molecule has 4 nitrogen and oxygen atoms in total. The molecule has 28 heavy (non-hydrogen) atoms. The molecule has 1 aromatic heterocycles. The SMILES string of the molecule is COc1cccc(CN2CCO[C@H](c3ccc(-c4ccccc4F)cn3)C2)c1. The third-order valence-corrected chi connectivity index (χ3v) is 4.99. The molecule has 3 aromatic rings. The van der Waals surface area contributed by atoms with Crippen LogP contribution in [0, 0.1) is 5.82 Å². The summed E-state index contributed by atoms with van der Waals surface area (Å²) in [6, 6.07) is 18.7. The molecule has 144 valence electrons. The van der Waals surface area contributed by atoms with Gasteiger partial charge >= 0.3 is 0 Å². The van der Waals surface area contributed by atoms with Crippen LogP contribution in [0.3, 0.4) is 0 Å². The molecule has 1 fully saturated rings. The van der Waals surface area contributed by atoms with Crippen molar-refractivity contribution in [3.63, 3.8) is 0 Å². The predicted molar refractivity (Wildman–Crippen MR) is 107 cm³/mol. The van der Waals surface area contributed by atoms with Gasteiger partial charge in [0.25, 0.3) is 0 Å². The van der Waals surface area contributed by atoms with Gasteiger partial charge in [0.2, 0.25) is 0 Å². The molecule has 1 atom stereocenters. The molecule has 0 N–H and O–H groups in total. The summed E-state index contributed by atoms with van der Waals surface area (Å²) in [5, 5.41) is 0. The van der Waals surface area contributed by atoms with Crippen molar-refractivity contribution in [2.75, 3.05) is 26.8 Å². The topological polar surface area (TPSA) is 34.6 Å². The monoisotopic (exact) mass is 378 g/mol. The first-order valence-corrected chi connectivity index (χ1v) is 9.40. The smallest absolute Gasteiger partial charge is 0.131 e. The van der Waals surface area contributed by atoms with Crippen LogP contribution in [0.25, 0.3) is 11.1 Å². The molecule has 5 heteroatoms. The Morgan fingerprint density at radius 2 is 2.04 bits per heavy atom. The van der Waals surface area contributed by atoms with Crippen LogP contribution in [-0.2, 0) is 11.3 Å². The number of benzene rings is 2. The lowest BCUT2D eigenvalue weighted by Crippen LogP contribution is -2.38. The maximum atomic E-state index is 14.0. The van der Waals surface area contributed by atoms with Gasteiger partial charge in [0.05, 0.1) is 19.4 Å². The minimum Gasteiger partial charge on any atom is -0.497 e.